The fraction of sp³-hybridized carbons (Fsp3) is 0.441. The number of thiophene rings is 1. The highest BCUT2D eigenvalue weighted by Gasteiger charge is 2.27. The topological polar surface area (TPSA) is 84.9 Å². The molecule has 0 spiro atoms. The van der Waals surface area contributed by atoms with Crippen LogP contribution in [0.3, 0.4) is 0 Å². The lowest BCUT2D eigenvalue weighted by Crippen LogP contribution is -2.42. The van der Waals surface area contributed by atoms with Crippen molar-refractivity contribution in [3.63, 3.8) is 0 Å². The molecule has 4 rings (SSSR count). The summed E-state index contributed by atoms with van der Waals surface area (Å²) in [6, 6.07) is 17.6. The zero-order valence-electron chi connectivity index (χ0n) is 25.5. The predicted octanol–water partition coefficient (Wildman–Crippen LogP) is 8.38. The van der Waals surface area contributed by atoms with Crippen LogP contribution in [0.5, 0.6) is 0 Å². The van der Waals surface area contributed by atoms with Gasteiger partial charge >= 0.3 is 12.2 Å². The smallest absolute Gasteiger partial charge is 0.412 e. The van der Waals surface area contributed by atoms with Gasteiger partial charge in [-0.25, -0.2) is 9.59 Å². The van der Waals surface area contributed by atoms with Gasteiger partial charge < -0.3 is 14.4 Å². The van der Waals surface area contributed by atoms with Gasteiger partial charge in [-0.1, -0.05) is 36.4 Å². The number of nitrogens with zero attached hydrogens (tertiary/aromatic N) is 1. The van der Waals surface area contributed by atoms with Gasteiger partial charge in [-0.15, -0.1) is 11.3 Å². The number of carbonyl (C=O) groups is 3. The summed E-state index contributed by atoms with van der Waals surface area (Å²) in [5, 5.41) is 4.84. The molecule has 42 heavy (non-hydrogen) atoms. The number of anilines is 1. The third kappa shape index (κ3) is 9.18. The highest BCUT2D eigenvalue weighted by Crippen LogP contribution is 2.30. The van der Waals surface area contributed by atoms with Crippen LogP contribution in [0, 0.1) is 5.92 Å². The number of benzene rings is 2. The Morgan fingerprint density at radius 2 is 1.57 bits per heavy atom. The molecule has 8 heteroatoms. The fourth-order valence-electron chi connectivity index (χ4n) is 4.95. The lowest BCUT2D eigenvalue weighted by atomic mass is 9.89. The van der Waals surface area contributed by atoms with E-state index in [1.54, 1.807) is 16.2 Å². The van der Waals surface area contributed by atoms with E-state index in [1.165, 1.54) is 5.56 Å². The molecule has 1 fully saturated rings. The molecule has 2 amide bonds. The standard InChI is InChI=1S/C34H42N2O5S/c1-33(2,3)40-31(38)35-28-14-13-26(30-8-7-19-42-30)21-27(28)22-29(37)25-11-9-23(10-12-25)20-24-15-17-36(18-16-24)32(39)41-34(4,5)6/h7-14,19,21,24H,15-18,20,22H2,1-6H3,(H,35,38). The van der Waals surface area contributed by atoms with E-state index in [0.29, 0.717) is 30.3 Å². The molecule has 1 aliphatic rings. The number of likely N-dealkylation sites (tertiary alicyclic amines) is 1. The molecule has 0 aliphatic carbocycles. The van der Waals surface area contributed by atoms with Crippen LogP contribution in [0.25, 0.3) is 10.4 Å². The van der Waals surface area contributed by atoms with Gasteiger partial charge in [0.2, 0.25) is 0 Å². The van der Waals surface area contributed by atoms with E-state index in [0.717, 1.165) is 35.3 Å². The van der Waals surface area contributed by atoms with Crippen molar-refractivity contribution in [1.29, 1.82) is 0 Å². The molecule has 0 unspecified atom stereocenters. The van der Waals surface area contributed by atoms with Crippen LogP contribution in [0.2, 0.25) is 0 Å². The molecule has 0 radical (unpaired) electrons. The number of nitrogens with one attached hydrogen (secondary N) is 1. The lowest BCUT2D eigenvalue weighted by molar-refractivity contribution is 0.0184. The van der Waals surface area contributed by atoms with Gasteiger partial charge in [0.1, 0.15) is 11.2 Å². The fourth-order valence-corrected chi connectivity index (χ4v) is 5.68. The first-order valence-corrected chi connectivity index (χ1v) is 15.4. The van der Waals surface area contributed by atoms with E-state index in [1.807, 2.05) is 102 Å². The average Bonchev–Trinajstić information content (AvgIpc) is 3.43. The summed E-state index contributed by atoms with van der Waals surface area (Å²) in [4.78, 5) is 41.2. The number of piperidine rings is 1. The maximum absolute atomic E-state index is 13.4. The second-order valence-electron chi connectivity index (χ2n) is 12.9. The van der Waals surface area contributed by atoms with Crippen molar-refractivity contribution in [1.82, 2.24) is 4.90 Å². The van der Waals surface area contributed by atoms with Crippen LogP contribution in [0.4, 0.5) is 15.3 Å². The van der Waals surface area contributed by atoms with Crippen LogP contribution in [0.1, 0.15) is 75.9 Å². The number of carbonyl (C=O) groups excluding carboxylic acids is 3. The number of hydrogen-bond acceptors (Lipinski definition) is 6. The third-order valence-corrected chi connectivity index (χ3v) is 7.88. The largest absolute Gasteiger partial charge is 0.444 e. The highest BCUT2D eigenvalue weighted by atomic mass is 32.1. The minimum atomic E-state index is -0.631. The van der Waals surface area contributed by atoms with Gasteiger partial charge in [0.05, 0.1) is 0 Å². The zero-order chi connectivity index (χ0) is 30.5. The monoisotopic (exact) mass is 590 g/mol. The number of Topliss-reactive ketones (excluding diaryl/α,β-unsaturated/α-hetero) is 1. The summed E-state index contributed by atoms with van der Waals surface area (Å²) in [5.41, 5.74) is 2.97. The molecule has 2 aromatic carbocycles. The number of ketones is 1. The van der Waals surface area contributed by atoms with E-state index in [2.05, 4.69) is 5.32 Å². The second-order valence-corrected chi connectivity index (χ2v) is 13.8. The molecular formula is C34H42N2O5S. The molecule has 3 aromatic rings. The minimum Gasteiger partial charge on any atom is -0.444 e. The number of amides is 2. The molecule has 1 N–H and O–H groups in total. The van der Waals surface area contributed by atoms with E-state index >= 15 is 0 Å². The SMILES string of the molecule is CC(C)(C)OC(=O)Nc1ccc(-c2cccs2)cc1CC(=O)c1ccc(CC2CCN(C(=O)OC(C)(C)C)CC2)cc1. The molecule has 1 aliphatic heterocycles. The normalized spacial score (nSPS) is 14.4. The quantitative estimate of drug-likeness (QED) is 0.279. The Bertz CT molecular complexity index is 1380. The lowest BCUT2D eigenvalue weighted by Gasteiger charge is -2.33. The van der Waals surface area contributed by atoms with Gasteiger partial charge in [0, 0.05) is 35.6 Å². The van der Waals surface area contributed by atoms with Crippen molar-refractivity contribution in [2.75, 3.05) is 18.4 Å². The van der Waals surface area contributed by atoms with Crippen molar-refractivity contribution in [3.8, 4) is 10.4 Å². The van der Waals surface area contributed by atoms with Gasteiger partial charge in [-0.3, -0.25) is 10.1 Å². The molecular weight excluding hydrogens is 548 g/mol. The van der Waals surface area contributed by atoms with E-state index in [-0.39, 0.29) is 18.3 Å². The molecule has 0 bridgehead atoms. The maximum Gasteiger partial charge on any atom is 0.412 e. The van der Waals surface area contributed by atoms with Crippen LogP contribution < -0.4 is 5.32 Å². The van der Waals surface area contributed by atoms with Gasteiger partial charge in [-0.05, 0) is 107 Å². The highest BCUT2D eigenvalue weighted by molar-refractivity contribution is 7.13. The Labute approximate surface area is 253 Å². The van der Waals surface area contributed by atoms with Crippen molar-refractivity contribution in [2.45, 2.75) is 78.4 Å². The molecule has 1 saturated heterocycles. The van der Waals surface area contributed by atoms with Gasteiger partial charge in [0.25, 0.3) is 0 Å². The summed E-state index contributed by atoms with van der Waals surface area (Å²) in [6.45, 7) is 12.5. The maximum atomic E-state index is 13.4. The van der Waals surface area contributed by atoms with Crippen LogP contribution in [-0.2, 0) is 22.3 Å². The predicted molar refractivity (Wildman–Crippen MR) is 168 cm³/mol. The van der Waals surface area contributed by atoms with Crippen molar-refractivity contribution >= 4 is 35.0 Å². The molecule has 0 atom stereocenters. The number of ether oxygens (including phenoxy) is 2. The Morgan fingerprint density at radius 3 is 2.17 bits per heavy atom. The third-order valence-electron chi connectivity index (χ3n) is 6.96. The summed E-state index contributed by atoms with van der Waals surface area (Å²) < 4.78 is 11.0. The molecule has 2 heterocycles. The minimum absolute atomic E-state index is 0.0252. The summed E-state index contributed by atoms with van der Waals surface area (Å²) in [5.74, 6) is 0.453. The second kappa shape index (κ2) is 13.1. The molecule has 0 saturated carbocycles. The van der Waals surface area contributed by atoms with Gasteiger partial charge in [0.15, 0.2) is 5.78 Å². The molecule has 7 nitrogen and oxygen atoms in total. The Morgan fingerprint density at radius 1 is 0.905 bits per heavy atom. The number of hydrogen-bond donors (Lipinski definition) is 1. The van der Waals surface area contributed by atoms with Crippen molar-refractivity contribution in [2.24, 2.45) is 5.92 Å². The van der Waals surface area contributed by atoms with Crippen molar-refractivity contribution in [3.05, 3.63) is 76.7 Å². The first kappa shape index (κ1) is 31.3. The summed E-state index contributed by atoms with van der Waals surface area (Å²) in [6.07, 6.45) is 2.11. The van der Waals surface area contributed by atoms with E-state index in [9.17, 15) is 14.4 Å². The van der Waals surface area contributed by atoms with Crippen LogP contribution in [-0.4, -0.2) is 47.2 Å². The zero-order valence-corrected chi connectivity index (χ0v) is 26.3. The molecule has 224 valence electrons. The summed E-state index contributed by atoms with van der Waals surface area (Å²) >= 11 is 1.62. The van der Waals surface area contributed by atoms with Gasteiger partial charge in [-0.2, -0.15) is 0 Å². The number of rotatable bonds is 7. The Hall–Kier alpha value is -3.65. The average molecular weight is 591 g/mol. The Balaban J connectivity index is 1.39. The first-order valence-electron chi connectivity index (χ1n) is 14.5. The van der Waals surface area contributed by atoms with Crippen LogP contribution in [0.15, 0.2) is 60.0 Å². The van der Waals surface area contributed by atoms with Crippen LogP contribution >= 0.6 is 11.3 Å². The summed E-state index contributed by atoms with van der Waals surface area (Å²) in [7, 11) is 0. The Kier molecular flexibility index (Phi) is 9.77. The van der Waals surface area contributed by atoms with E-state index < -0.39 is 17.3 Å². The van der Waals surface area contributed by atoms with E-state index in [4.69, 9.17) is 9.47 Å². The van der Waals surface area contributed by atoms with Crippen molar-refractivity contribution < 1.29 is 23.9 Å². The first-order chi connectivity index (χ1) is 19.8. The molecule has 1 aromatic heterocycles.